The maximum atomic E-state index is 13.1. The molecule has 1 aromatic carbocycles. The van der Waals surface area contributed by atoms with Gasteiger partial charge in [-0.3, -0.25) is 14.7 Å². The Balaban J connectivity index is 1.67. The van der Waals surface area contributed by atoms with E-state index < -0.39 is 0 Å². The zero-order valence-corrected chi connectivity index (χ0v) is 14.7. The summed E-state index contributed by atoms with van der Waals surface area (Å²) in [4.78, 5) is 24.2. The molecule has 0 saturated carbocycles. The highest BCUT2D eigenvalue weighted by atomic mass is 16.5. The third-order valence-corrected chi connectivity index (χ3v) is 4.77. The molecule has 0 radical (unpaired) electrons. The Morgan fingerprint density at radius 2 is 1.85 bits per heavy atom. The monoisotopic (exact) mass is 350 g/mol. The van der Waals surface area contributed by atoms with Crippen LogP contribution in [-0.2, 0) is 17.7 Å². The smallest absolute Gasteiger partial charge is 0.273 e. The van der Waals surface area contributed by atoms with Gasteiger partial charge in [0, 0.05) is 38.8 Å². The van der Waals surface area contributed by atoms with Crippen molar-refractivity contribution in [3.8, 4) is 0 Å². The van der Waals surface area contributed by atoms with E-state index in [1.165, 1.54) is 0 Å². The van der Waals surface area contributed by atoms with Gasteiger partial charge in [-0.1, -0.05) is 30.3 Å². The summed E-state index contributed by atoms with van der Waals surface area (Å²) in [5.41, 5.74) is 3.25. The number of aromatic nitrogens is 3. The van der Waals surface area contributed by atoms with Crippen molar-refractivity contribution >= 4 is 11.0 Å². The van der Waals surface area contributed by atoms with Gasteiger partial charge in [-0.05, 0) is 11.6 Å². The maximum absolute atomic E-state index is 13.1. The minimum absolute atomic E-state index is 0.0131. The van der Waals surface area contributed by atoms with E-state index in [0.29, 0.717) is 18.7 Å². The van der Waals surface area contributed by atoms with Gasteiger partial charge in [-0.15, -0.1) is 0 Å². The van der Waals surface area contributed by atoms with Crippen LogP contribution in [0, 0.1) is 0 Å². The molecule has 0 N–H and O–H groups in total. The molecule has 0 atom stereocenters. The van der Waals surface area contributed by atoms with E-state index in [-0.39, 0.29) is 5.56 Å². The van der Waals surface area contributed by atoms with Crippen molar-refractivity contribution in [1.82, 2.24) is 19.4 Å². The molecule has 0 bridgehead atoms. The first-order valence-corrected chi connectivity index (χ1v) is 8.99. The fraction of sp³-hybridized carbons (Fsp3) is 0.350. The van der Waals surface area contributed by atoms with Crippen LogP contribution in [-0.4, -0.2) is 52.3 Å². The first kappa shape index (κ1) is 16.9. The molecule has 3 aromatic rings. The Morgan fingerprint density at radius 3 is 2.65 bits per heavy atom. The highest BCUT2D eigenvalue weighted by Crippen LogP contribution is 2.11. The fourth-order valence-corrected chi connectivity index (χ4v) is 3.34. The largest absolute Gasteiger partial charge is 0.379 e. The Kier molecular flexibility index (Phi) is 5.04. The highest BCUT2D eigenvalue weighted by Gasteiger charge is 2.14. The van der Waals surface area contributed by atoms with Crippen LogP contribution in [0.5, 0.6) is 0 Å². The molecule has 134 valence electrons. The molecule has 1 aliphatic heterocycles. The van der Waals surface area contributed by atoms with Crippen LogP contribution >= 0.6 is 0 Å². The normalized spacial score (nSPS) is 15.4. The second kappa shape index (κ2) is 7.76. The van der Waals surface area contributed by atoms with E-state index >= 15 is 0 Å². The summed E-state index contributed by atoms with van der Waals surface area (Å²) in [6, 6.07) is 11.8. The zero-order chi connectivity index (χ0) is 17.8. The van der Waals surface area contributed by atoms with Gasteiger partial charge in [-0.2, -0.15) is 0 Å². The first-order chi connectivity index (χ1) is 12.8. The Morgan fingerprint density at radius 1 is 1.04 bits per heavy atom. The van der Waals surface area contributed by atoms with Crippen molar-refractivity contribution in [2.45, 2.75) is 13.0 Å². The molecular formula is C20H22N4O2. The van der Waals surface area contributed by atoms with Gasteiger partial charge in [0.15, 0.2) is 0 Å². The number of rotatable bonds is 5. The van der Waals surface area contributed by atoms with Gasteiger partial charge in [0.05, 0.1) is 24.9 Å². The number of pyridine rings is 1. The number of nitrogens with zero attached hydrogens (tertiary/aromatic N) is 4. The maximum Gasteiger partial charge on any atom is 0.273 e. The summed E-state index contributed by atoms with van der Waals surface area (Å²) in [6.07, 6.45) is 3.97. The van der Waals surface area contributed by atoms with E-state index in [4.69, 9.17) is 4.74 Å². The Bertz CT molecular complexity index is 933. The van der Waals surface area contributed by atoms with Crippen LogP contribution in [0.3, 0.4) is 0 Å². The van der Waals surface area contributed by atoms with Gasteiger partial charge in [0.25, 0.3) is 5.56 Å². The minimum atomic E-state index is -0.0131. The lowest BCUT2D eigenvalue weighted by Crippen LogP contribution is -2.39. The van der Waals surface area contributed by atoms with Crippen LogP contribution in [0.4, 0.5) is 0 Å². The van der Waals surface area contributed by atoms with Crippen molar-refractivity contribution < 1.29 is 4.74 Å². The summed E-state index contributed by atoms with van der Waals surface area (Å²) in [6.45, 7) is 4.82. The summed E-state index contributed by atoms with van der Waals surface area (Å²) >= 11 is 0. The molecule has 1 aliphatic rings. The predicted octanol–water partition coefficient (Wildman–Crippen LogP) is 1.71. The van der Waals surface area contributed by atoms with Gasteiger partial charge in [0.2, 0.25) is 0 Å². The standard InChI is InChI=1S/C20H22N4O2/c25-20-17(14-16-4-2-1-3-5-16)22-18-15-21-7-6-19(18)24(20)9-8-23-10-12-26-13-11-23/h1-7,15H,8-14H2. The average molecular weight is 350 g/mol. The number of benzene rings is 1. The number of ether oxygens (including phenoxy) is 1. The van der Waals surface area contributed by atoms with Crippen molar-refractivity contribution in [3.05, 3.63) is 70.4 Å². The number of hydrogen-bond donors (Lipinski definition) is 0. The molecule has 1 saturated heterocycles. The van der Waals surface area contributed by atoms with Crippen molar-refractivity contribution in [1.29, 1.82) is 0 Å². The summed E-state index contributed by atoms with van der Waals surface area (Å²) in [5.74, 6) is 0. The molecule has 6 heteroatoms. The Hall–Kier alpha value is -2.57. The van der Waals surface area contributed by atoms with Gasteiger partial charge < -0.3 is 9.30 Å². The van der Waals surface area contributed by atoms with Crippen molar-refractivity contribution in [3.63, 3.8) is 0 Å². The molecular weight excluding hydrogens is 328 g/mol. The van der Waals surface area contributed by atoms with Crippen LogP contribution in [0.15, 0.2) is 53.6 Å². The van der Waals surface area contributed by atoms with Crippen LogP contribution in [0.25, 0.3) is 11.0 Å². The fourth-order valence-electron chi connectivity index (χ4n) is 3.34. The zero-order valence-electron chi connectivity index (χ0n) is 14.7. The molecule has 0 spiro atoms. The van der Waals surface area contributed by atoms with Gasteiger partial charge in [0.1, 0.15) is 11.2 Å². The van der Waals surface area contributed by atoms with Gasteiger partial charge in [-0.25, -0.2) is 4.98 Å². The first-order valence-electron chi connectivity index (χ1n) is 8.99. The second-order valence-corrected chi connectivity index (χ2v) is 6.50. The summed E-state index contributed by atoms with van der Waals surface area (Å²) < 4.78 is 7.25. The lowest BCUT2D eigenvalue weighted by molar-refractivity contribution is 0.0364. The van der Waals surface area contributed by atoms with E-state index in [0.717, 1.165) is 49.4 Å². The average Bonchev–Trinajstić information content (AvgIpc) is 2.70. The lowest BCUT2D eigenvalue weighted by Gasteiger charge is -2.27. The Labute approximate surface area is 152 Å². The number of morpholine rings is 1. The molecule has 3 heterocycles. The third-order valence-electron chi connectivity index (χ3n) is 4.77. The molecule has 6 nitrogen and oxygen atoms in total. The van der Waals surface area contributed by atoms with E-state index in [2.05, 4.69) is 14.9 Å². The topological polar surface area (TPSA) is 60.2 Å². The predicted molar refractivity (Wildman–Crippen MR) is 100 cm³/mol. The molecule has 0 amide bonds. The third kappa shape index (κ3) is 3.66. The van der Waals surface area contributed by atoms with E-state index in [1.54, 1.807) is 12.4 Å². The summed E-state index contributed by atoms with van der Waals surface area (Å²) in [7, 11) is 0. The van der Waals surface area contributed by atoms with Crippen molar-refractivity contribution in [2.24, 2.45) is 0 Å². The molecule has 1 fully saturated rings. The molecule has 4 rings (SSSR count). The minimum Gasteiger partial charge on any atom is -0.379 e. The van der Waals surface area contributed by atoms with Crippen molar-refractivity contribution in [2.75, 3.05) is 32.8 Å². The number of fused-ring (bicyclic) bond motifs is 1. The quantitative estimate of drug-likeness (QED) is 0.701. The lowest BCUT2D eigenvalue weighted by atomic mass is 10.1. The molecule has 0 unspecified atom stereocenters. The molecule has 26 heavy (non-hydrogen) atoms. The second-order valence-electron chi connectivity index (χ2n) is 6.50. The van der Waals surface area contributed by atoms with Crippen LogP contribution in [0.2, 0.25) is 0 Å². The highest BCUT2D eigenvalue weighted by molar-refractivity contribution is 5.73. The van der Waals surface area contributed by atoms with Gasteiger partial charge >= 0.3 is 0 Å². The number of hydrogen-bond acceptors (Lipinski definition) is 5. The van der Waals surface area contributed by atoms with E-state index in [1.807, 2.05) is 41.0 Å². The molecule has 2 aromatic heterocycles. The van der Waals surface area contributed by atoms with Crippen LogP contribution in [0.1, 0.15) is 11.3 Å². The SMILES string of the molecule is O=c1c(Cc2ccccc2)nc2cnccc2n1CCN1CCOCC1. The van der Waals surface area contributed by atoms with Crippen LogP contribution < -0.4 is 5.56 Å². The summed E-state index contributed by atoms with van der Waals surface area (Å²) in [5, 5.41) is 0. The van der Waals surface area contributed by atoms with E-state index in [9.17, 15) is 4.79 Å². The molecule has 0 aliphatic carbocycles.